The van der Waals surface area contributed by atoms with Crippen LogP contribution in [0.1, 0.15) is 18.9 Å². The topological polar surface area (TPSA) is 66.2 Å². The maximum absolute atomic E-state index is 11.3. The van der Waals surface area contributed by atoms with Crippen LogP contribution in [-0.4, -0.2) is 33.6 Å². The number of hydrogen-bond donors (Lipinski definition) is 0. The summed E-state index contributed by atoms with van der Waals surface area (Å²) in [7, 11) is 1.36. The van der Waals surface area contributed by atoms with Crippen molar-refractivity contribution in [2.45, 2.75) is 24.7 Å². The van der Waals surface area contributed by atoms with E-state index in [0.29, 0.717) is 17.5 Å². The first-order valence-corrected chi connectivity index (χ1v) is 8.98. The first-order chi connectivity index (χ1) is 11.5. The van der Waals surface area contributed by atoms with E-state index < -0.39 is 0 Å². The van der Waals surface area contributed by atoms with E-state index in [1.165, 1.54) is 18.9 Å². The SMILES string of the molecule is C=CCn1c(SCC(=O)OC)nnc1C(C)Oc1ccc(Br)cc1. The molecule has 0 N–H and O–H groups in total. The van der Waals surface area contributed by atoms with E-state index in [1.54, 1.807) is 6.08 Å². The number of nitrogens with zero attached hydrogens (tertiary/aromatic N) is 3. The Bertz CT molecular complexity index is 703. The van der Waals surface area contributed by atoms with Crippen LogP contribution in [-0.2, 0) is 16.1 Å². The first-order valence-electron chi connectivity index (χ1n) is 7.21. The van der Waals surface area contributed by atoms with E-state index in [2.05, 4.69) is 37.4 Å². The lowest BCUT2D eigenvalue weighted by molar-refractivity contribution is -0.137. The van der Waals surface area contributed by atoms with Crippen molar-refractivity contribution in [2.24, 2.45) is 0 Å². The normalized spacial score (nSPS) is 11.8. The molecular weight excluding hydrogens is 394 g/mol. The Kier molecular flexibility index (Phi) is 6.86. The monoisotopic (exact) mass is 411 g/mol. The minimum absolute atomic E-state index is 0.174. The summed E-state index contributed by atoms with van der Waals surface area (Å²) in [5.41, 5.74) is 0. The molecule has 0 saturated carbocycles. The first kappa shape index (κ1) is 18.5. The Labute approximate surface area is 153 Å². The highest BCUT2D eigenvalue weighted by molar-refractivity contribution is 9.10. The van der Waals surface area contributed by atoms with Crippen molar-refractivity contribution < 1.29 is 14.3 Å². The highest BCUT2D eigenvalue weighted by atomic mass is 79.9. The summed E-state index contributed by atoms with van der Waals surface area (Å²) in [6, 6.07) is 7.58. The number of carbonyl (C=O) groups is 1. The lowest BCUT2D eigenvalue weighted by Gasteiger charge is -2.15. The van der Waals surface area contributed by atoms with Gasteiger partial charge in [-0.05, 0) is 31.2 Å². The minimum atomic E-state index is -0.311. The average Bonchev–Trinajstić information content (AvgIpc) is 2.98. The molecule has 0 bridgehead atoms. The molecule has 0 aliphatic rings. The highest BCUT2D eigenvalue weighted by Crippen LogP contribution is 2.25. The number of allylic oxidation sites excluding steroid dienone is 1. The fourth-order valence-electron chi connectivity index (χ4n) is 1.96. The summed E-state index contributed by atoms with van der Waals surface area (Å²) in [5, 5.41) is 8.99. The van der Waals surface area contributed by atoms with Gasteiger partial charge in [0.15, 0.2) is 17.1 Å². The Hall–Kier alpha value is -1.80. The molecule has 0 spiro atoms. The predicted molar refractivity (Wildman–Crippen MR) is 96.1 cm³/mol. The Morgan fingerprint density at radius 1 is 1.42 bits per heavy atom. The van der Waals surface area contributed by atoms with Crippen LogP contribution in [0.15, 0.2) is 46.5 Å². The number of thioether (sulfide) groups is 1. The van der Waals surface area contributed by atoms with Gasteiger partial charge in [-0.1, -0.05) is 33.8 Å². The summed E-state index contributed by atoms with van der Waals surface area (Å²) < 4.78 is 13.4. The summed E-state index contributed by atoms with van der Waals surface area (Å²) in [4.78, 5) is 11.3. The number of halogens is 1. The second-order valence-electron chi connectivity index (χ2n) is 4.82. The van der Waals surface area contributed by atoms with Gasteiger partial charge in [0.25, 0.3) is 0 Å². The molecule has 0 saturated heterocycles. The second kappa shape index (κ2) is 8.89. The van der Waals surface area contributed by atoms with Gasteiger partial charge in [0, 0.05) is 11.0 Å². The fraction of sp³-hybridized carbons (Fsp3) is 0.312. The Morgan fingerprint density at radius 3 is 2.75 bits per heavy atom. The molecular formula is C16H18BrN3O3S. The molecule has 2 rings (SSSR count). The van der Waals surface area contributed by atoms with Crippen LogP contribution >= 0.6 is 27.7 Å². The summed E-state index contributed by atoms with van der Waals surface area (Å²) in [6.07, 6.45) is 1.45. The van der Waals surface area contributed by atoms with Gasteiger partial charge < -0.3 is 9.47 Å². The van der Waals surface area contributed by atoms with Gasteiger partial charge in [0.1, 0.15) is 5.75 Å². The molecule has 0 aliphatic carbocycles. The lowest BCUT2D eigenvalue weighted by atomic mass is 10.3. The Morgan fingerprint density at radius 2 is 2.12 bits per heavy atom. The van der Waals surface area contributed by atoms with Gasteiger partial charge in [-0.3, -0.25) is 9.36 Å². The van der Waals surface area contributed by atoms with Crippen molar-refractivity contribution in [3.63, 3.8) is 0 Å². The van der Waals surface area contributed by atoms with Gasteiger partial charge in [-0.2, -0.15) is 0 Å². The number of esters is 1. The van der Waals surface area contributed by atoms with Crippen LogP contribution < -0.4 is 4.74 Å². The van der Waals surface area contributed by atoms with Gasteiger partial charge in [0.2, 0.25) is 0 Å². The maximum atomic E-state index is 11.3. The van der Waals surface area contributed by atoms with Gasteiger partial charge in [0.05, 0.1) is 12.9 Å². The van der Waals surface area contributed by atoms with Crippen molar-refractivity contribution in [3.05, 3.63) is 47.2 Å². The van der Waals surface area contributed by atoms with E-state index in [1.807, 2.05) is 35.8 Å². The van der Waals surface area contributed by atoms with E-state index in [9.17, 15) is 4.79 Å². The van der Waals surface area contributed by atoms with Crippen LogP contribution in [0.5, 0.6) is 5.75 Å². The molecule has 6 nitrogen and oxygen atoms in total. The molecule has 0 fully saturated rings. The van der Waals surface area contributed by atoms with E-state index in [4.69, 9.17) is 4.74 Å². The smallest absolute Gasteiger partial charge is 0.316 e. The Balaban J connectivity index is 2.15. The number of hydrogen-bond acceptors (Lipinski definition) is 6. The van der Waals surface area contributed by atoms with Crippen molar-refractivity contribution in [1.29, 1.82) is 0 Å². The molecule has 2 aromatic rings. The van der Waals surface area contributed by atoms with Crippen molar-refractivity contribution in [3.8, 4) is 5.75 Å². The highest BCUT2D eigenvalue weighted by Gasteiger charge is 2.19. The van der Waals surface area contributed by atoms with Crippen LogP contribution in [0.25, 0.3) is 0 Å². The molecule has 0 amide bonds. The van der Waals surface area contributed by atoms with Crippen LogP contribution in [0.3, 0.4) is 0 Å². The third-order valence-corrected chi connectivity index (χ3v) is 4.56. The third kappa shape index (κ3) is 4.85. The zero-order chi connectivity index (χ0) is 17.5. The second-order valence-corrected chi connectivity index (χ2v) is 6.68. The molecule has 0 aliphatic heterocycles. The summed E-state index contributed by atoms with van der Waals surface area (Å²) in [5.74, 6) is 1.27. The fourth-order valence-corrected chi connectivity index (χ4v) is 3.01. The molecule has 1 atom stereocenters. The third-order valence-electron chi connectivity index (χ3n) is 3.09. The molecule has 0 radical (unpaired) electrons. The predicted octanol–water partition coefficient (Wildman–Crippen LogP) is 3.63. The molecule has 24 heavy (non-hydrogen) atoms. The molecule has 128 valence electrons. The molecule has 1 unspecified atom stereocenters. The molecule has 1 aromatic heterocycles. The largest absolute Gasteiger partial charge is 0.483 e. The van der Waals surface area contributed by atoms with Crippen LogP contribution in [0.4, 0.5) is 0 Å². The van der Waals surface area contributed by atoms with Crippen molar-refractivity contribution in [2.75, 3.05) is 12.9 Å². The average molecular weight is 412 g/mol. The number of carbonyl (C=O) groups excluding carboxylic acids is 1. The number of aromatic nitrogens is 3. The number of methoxy groups -OCH3 is 1. The van der Waals surface area contributed by atoms with Crippen molar-refractivity contribution >= 4 is 33.7 Å². The van der Waals surface area contributed by atoms with Gasteiger partial charge in [-0.25, -0.2) is 0 Å². The lowest BCUT2D eigenvalue weighted by Crippen LogP contribution is -2.12. The number of ether oxygens (including phenoxy) is 2. The maximum Gasteiger partial charge on any atom is 0.316 e. The quantitative estimate of drug-likeness (QED) is 0.375. The summed E-state index contributed by atoms with van der Waals surface area (Å²) >= 11 is 4.66. The zero-order valence-electron chi connectivity index (χ0n) is 13.4. The number of rotatable bonds is 8. The van der Waals surface area contributed by atoms with Crippen molar-refractivity contribution in [1.82, 2.24) is 14.8 Å². The van der Waals surface area contributed by atoms with Gasteiger partial charge in [-0.15, -0.1) is 16.8 Å². The summed E-state index contributed by atoms with van der Waals surface area (Å²) in [6.45, 7) is 6.19. The zero-order valence-corrected chi connectivity index (χ0v) is 15.8. The molecule has 1 aromatic carbocycles. The molecule has 1 heterocycles. The standard InChI is InChI=1S/C16H18BrN3O3S/c1-4-9-20-15(18-19-16(20)24-10-14(21)22-3)11(2)23-13-7-5-12(17)6-8-13/h4-8,11H,1,9-10H2,2-3H3. The number of benzene rings is 1. The minimum Gasteiger partial charge on any atom is -0.483 e. The van der Waals surface area contributed by atoms with Crippen LogP contribution in [0, 0.1) is 0 Å². The molecule has 8 heteroatoms. The van der Waals surface area contributed by atoms with E-state index >= 15 is 0 Å². The van der Waals surface area contributed by atoms with Gasteiger partial charge >= 0.3 is 5.97 Å². The van der Waals surface area contributed by atoms with Crippen LogP contribution in [0.2, 0.25) is 0 Å². The van der Waals surface area contributed by atoms with E-state index in [0.717, 1.165) is 10.2 Å². The van der Waals surface area contributed by atoms with E-state index in [-0.39, 0.29) is 17.8 Å².